The van der Waals surface area contributed by atoms with Crippen LogP contribution in [0.15, 0.2) is 71.6 Å². The van der Waals surface area contributed by atoms with Crippen molar-refractivity contribution in [2.75, 3.05) is 34.8 Å². The first-order chi connectivity index (χ1) is 19.2. The Morgan fingerprint density at radius 2 is 1.88 bits per heavy atom. The van der Waals surface area contributed by atoms with Crippen LogP contribution in [-0.4, -0.2) is 40.8 Å². The molecule has 11 heteroatoms. The molecule has 2 amide bonds. The Hall–Kier alpha value is -4.22. The number of aryl methyl sites for hydroxylation is 1. The van der Waals surface area contributed by atoms with Gasteiger partial charge < -0.3 is 15.0 Å². The minimum absolute atomic E-state index is 0.129. The summed E-state index contributed by atoms with van der Waals surface area (Å²) < 4.78 is 6.38. The first-order valence-electron chi connectivity index (χ1n) is 12.6. The number of nitro groups is 1. The normalized spacial score (nSPS) is 14.0. The summed E-state index contributed by atoms with van der Waals surface area (Å²) in [5, 5.41) is 13.7. The number of benzene rings is 3. The molecule has 0 atom stereocenters. The lowest BCUT2D eigenvalue weighted by molar-refractivity contribution is -0.384. The summed E-state index contributed by atoms with van der Waals surface area (Å²) in [6.45, 7) is 7.22. The van der Waals surface area contributed by atoms with Gasteiger partial charge >= 0.3 is 0 Å². The van der Waals surface area contributed by atoms with Crippen molar-refractivity contribution >= 4 is 68.9 Å². The second-order valence-corrected chi connectivity index (χ2v) is 10.5. The zero-order valence-electron chi connectivity index (χ0n) is 22.2. The first-order valence-corrected chi connectivity index (χ1v) is 13.8. The van der Waals surface area contributed by atoms with Crippen LogP contribution < -0.4 is 19.9 Å². The van der Waals surface area contributed by atoms with Crippen LogP contribution in [-0.2, 0) is 9.59 Å². The Bertz CT molecular complexity index is 1500. The molecule has 1 N–H and O–H groups in total. The van der Waals surface area contributed by atoms with Crippen molar-refractivity contribution in [1.29, 1.82) is 0 Å². The van der Waals surface area contributed by atoms with Gasteiger partial charge in [0.15, 0.2) is 10.9 Å². The third kappa shape index (κ3) is 6.49. The molecule has 4 rings (SSSR count). The lowest BCUT2D eigenvalue weighted by atomic mass is 10.1. The van der Waals surface area contributed by atoms with Gasteiger partial charge in [-0.1, -0.05) is 48.2 Å². The van der Waals surface area contributed by atoms with Crippen molar-refractivity contribution in [2.24, 2.45) is 0 Å². The van der Waals surface area contributed by atoms with Crippen molar-refractivity contribution < 1.29 is 19.2 Å². The van der Waals surface area contributed by atoms with Gasteiger partial charge in [0.1, 0.15) is 5.75 Å². The van der Waals surface area contributed by atoms with Gasteiger partial charge in [0.05, 0.1) is 15.5 Å². The number of non-ortho nitro benzene ring substituents is 1. The van der Waals surface area contributed by atoms with Crippen LogP contribution in [0, 0.1) is 17.0 Å². The van der Waals surface area contributed by atoms with Gasteiger partial charge in [0.25, 0.3) is 17.5 Å². The lowest BCUT2D eigenvalue weighted by Crippen LogP contribution is -2.28. The molecular formula is C29H28N4O5S2. The fraction of sp³-hybridized carbons (Fsp3) is 0.207. The maximum Gasteiger partial charge on any atom is 0.271 e. The Kier molecular flexibility index (Phi) is 9.18. The highest BCUT2D eigenvalue weighted by atomic mass is 32.2. The van der Waals surface area contributed by atoms with E-state index in [4.69, 9.17) is 17.0 Å². The number of para-hydroxylation sites is 1. The number of amides is 2. The lowest BCUT2D eigenvalue weighted by Gasteiger charge is -2.22. The van der Waals surface area contributed by atoms with Gasteiger partial charge in [-0.2, -0.15) is 0 Å². The molecule has 1 saturated heterocycles. The quantitative estimate of drug-likeness (QED) is 0.132. The van der Waals surface area contributed by atoms with Gasteiger partial charge in [0, 0.05) is 48.2 Å². The summed E-state index contributed by atoms with van der Waals surface area (Å²) in [6.07, 6.45) is 1.72. The van der Waals surface area contributed by atoms with Gasteiger partial charge in [-0.15, -0.1) is 0 Å². The molecule has 0 aliphatic carbocycles. The zero-order valence-corrected chi connectivity index (χ0v) is 23.9. The van der Waals surface area contributed by atoms with E-state index in [0.717, 1.165) is 30.0 Å². The fourth-order valence-electron chi connectivity index (χ4n) is 4.22. The summed E-state index contributed by atoms with van der Waals surface area (Å²) in [5.74, 6) is -0.295. The number of ether oxygens (including phenoxy) is 1. The summed E-state index contributed by atoms with van der Waals surface area (Å²) in [6, 6.07) is 18.9. The molecule has 0 radical (unpaired) electrons. The molecule has 40 heavy (non-hydrogen) atoms. The largest absolute Gasteiger partial charge is 0.483 e. The molecule has 3 aromatic rings. The average molecular weight is 577 g/mol. The molecule has 3 aromatic carbocycles. The standard InChI is InChI=1S/C29H28N4O5S2/c1-4-31(5-2)22-14-13-20(15-26-28(35)32(29(39)40-26)24-12-7-6-9-19(24)3)25(17-22)38-18-27(34)30-21-10-8-11-23(16-21)33(36)37/h6-17H,4-5,18H2,1-3H3,(H,30,34)/b26-15+. The number of carbonyl (C=O) groups excluding carboxylic acids is 2. The molecular weight excluding hydrogens is 548 g/mol. The number of hydrogen-bond acceptors (Lipinski definition) is 8. The van der Waals surface area contributed by atoms with Crippen molar-refractivity contribution in [3.8, 4) is 5.75 Å². The molecule has 0 aromatic heterocycles. The van der Waals surface area contributed by atoms with Crippen LogP contribution in [0.4, 0.5) is 22.7 Å². The number of thiocarbonyl (C=S) groups is 1. The summed E-state index contributed by atoms with van der Waals surface area (Å²) >= 11 is 6.75. The van der Waals surface area contributed by atoms with Crippen LogP contribution in [0.2, 0.25) is 0 Å². The fourth-order valence-corrected chi connectivity index (χ4v) is 5.50. The number of carbonyl (C=O) groups is 2. The van der Waals surface area contributed by atoms with Crippen molar-refractivity contribution in [3.63, 3.8) is 0 Å². The third-order valence-corrected chi connectivity index (χ3v) is 7.56. The highest BCUT2D eigenvalue weighted by molar-refractivity contribution is 8.27. The molecule has 0 unspecified atom stereocenters. The highest BCUT2D eigenvalue weighted by Crippen LogP contribution is 2.38. The van der Waals surface area contributed by atoms with Crippen molar-refractivity contribution in [1.82, 2.24) is 0 Å². The monoisotopic (exact) mass is 576 g/mol. The summed E-state index contributed by atoms with van der Waals surface area (Å²) in [5.41, 5.74) is 3.35. The Morgan fingerprint density at radius 1 is 1.12 bits per heavy atom. The second-order valence-electron chi connectivity index (χ2n) is 8.84. The van der Waals surface area contributed by atoms with E-state index in [9.17, 15) is 19.7 Å². The second kappa shape index (κ2) is 12.8. The van der Waals surface area contributed by atoms with E-state index in [1.807, 2.05) is 63.2 Å². The van der Waals surface area contributed by atoms with E-state index < -0.39 is 10.8 Å². The molecule has 9 nitrogen and oxygen atoms in total. The summed E-state index contributed by atoms with van der Waals surface area (Å²) in [4.78, 5) is 40.7. The van der Waals surface area contributed by atoms with Gasteiger partial charge in [-0.05, 0) is 56.7 Å². The highest BCUT2D eigenvalue weighted by Gasteiger charge is 2.34. The maximum atomic E-state index is 13.4. The molecule has 1 fully saturated rings. The predicted octanol–water partition coefficient (Wildman–Crippen LogP) is 6.17. The van der Waals surface area contributed by atoms with Gasteiger partial charge in [-0.25, -0.2) is 0 Å². The minimum Gasteiger partial charge on any atom is -0.483 e. The predicted molar refractivity (Wildman–Crippen MR) is 164 cm³/mol. The van der Waals surface area contributed by atoms with Crippen LogP contribution in [0.25, 0.3) is 6.08 Å². The van der Waals surface area contributed by atoms with E-state index in [0.29, 0.717) is 26.2 Å². The molecule has 1 aliphatic rings. The number of anilines is 3. The molecule has 0 bridgehead atoms. The molecule has 0 saturated carbocycles. The number of hydrogen-bond donors (Lipinski definition) is 1. The Balaban J connectivity index is 1.59. The van der Waals surface area contributed by atoms with Crippen molar-refractivity contribution in [2.45, 2.75) is 20.8 Å². The van der Waals surface area contributed by atoms with Crippen LogP contribution in [0.5, 0.6) is 5.75 Å². The van der Waals surface area contributed by atoms with E-state index in [-0.39, 0.29) is 18.2 Å². The Labute approximate surface area is 242 Å². The smallest absolute Gasteiger partial charge is 0.271 e. The first kappa shape index (κ1) is 28.8. The van der Waals surface area contributed by atoms with E-state index in [1.165, 1.54) is 34.9 Å². The molecule has 1 heterocycles. The molecule has 206 valence electrons. The number of nitrogens with zero attached hydrogens (tertiary/aromatic N) is 3. The van der Waals surface area contributed by atoms with E-state index in [2.05, 4.69) is 10.2 Å². The minimum atomic E-state index is -0.529. The van der Waals surface area contributed by atoms with Crippen LogP contribution in [0.1, 0.15) is 25.0 Å². The summed E-state index contributed by atoms with van der Waals surface area (Å²) in [7, 11) is 0. The molecule has 1 aliphatic heterocycles. The van der Waals surface area contributed by atoms with Crippen LogP contribution >= 0.6 is 24.0 Å². The van der Waals surface area contributed by atoms with E-state index in [1.54, 1.807) is 12.1 Å². The van der Waals surface area contributed by atoms with Crippen LogP contribution in [0.3, 0.4) is 0 Å². The third-order valence-electron chi connectivity index (χ3n) is 6.26. The number of nitrogens with one attached hydrogen (secondary N) is 1. The topological polar surface area (TPSA) is 105 Å². The number of thioether (sulfide) groups is 1. The SMILES string of the molecule is CCN(CC)c1ccc(/C=C2/SC(=S)N(c3ccccc3C)C2=O)c(OCC(=O)Nc2cccc([N+](=O)[O-])c2)c1. The average Bonchev–Trinajstić information content (AvgIpc) is 3.21. The Morgan fingerprint density at radius 3 is 2.58 bits per heavy atom. The zero-order chi connectivity index (χ0) is 28.8. The number of nitro benzene ring substituents is 1. The van der Waals surface area contributed by atoms with Crippen molar-refractivity contribution in [3.05, 3.63) is 92.9 Å². The molecule has 0 spiro atoms. The van der Waals surface area contributed by atoms with Gasteiger partial charge in [0.2, 0.25) is 0 Å². The van der Waals surface area contributed by atoms with Gasteiger partial charge in [-0.3, -0.25) is 24.6 Å². The van der Waals surface area contributed by atoms with E-state index >= 15 is 0 Å². The maximum absolute atomic E-state index is 13.4. The number of rotatable bonds is 10.